The summed E-state index contributed by atoms with van der Waals surface area (Å²) in [6, 6.07) is 14.6. The van der Waals surface area contributed by atoms with Crippen LogP contribution in [0.2, 0.25) is 0 Å². The van der Waals surface area contributed by atoms with Gasteiger partial charge in [0.15, 0.2) is 0 Å². The molecule has 134 valence electrons. The average Bonchev–Trinajstić information content (AvgIpc) is 3.23. The lowest BCUT2D eigenvalue weighted by atomic mass is 10.2. The molecule has 1 aliphatic rings. The van der Waals surface area contributed by atoms with Gasteiger partial charge in [-0.15, -0.1) is 0 Å². The molecule has 1 atom stereocenters. The Bertz CT molecular complexity index is 930. The fourth-order valence-corrected chi connectivity index (χ4v) is 3.47. The molecule has 0 spiro atoms. The highest BCUT2D eigenvalue weighted by Crippen LogP contribution is 2.29. The number of rotatable bonds is 4. The number of nitrogens with one attached hydrogen (secondary N) is 2. The molecular formula is C21H23N3O2. The van der Waals surface area contributed by atoms with Gasteiger partial charge in [-0.3, -0.25) is 4.79 Å². The number of carbonyl (C=O) groups excluding carboxylic acids is 1. The lowest BCUT2D eigenvalue weighted by molar-refractivity contribution is -0.114. The minimum Gasteiger partial charge on any atom is -0.488 e. The number of aromatic amines is 1. The third-order valence-corrected chi connectivity index (χ3v) is 4.81. The summed E-state index contributed by atoms with van der Waals surface area (Å²) in [5.74, 6) is 0.751. The van der Waals surface area contributed by atoms with Gasteiger partial charge in [0.2, 0.25) is 5.91 Å². The summed E-state index contributed by atoms with van der Waals surface area (Å²) >= 11 is 0. The Morgan fingerprint density at radius 1 is 1.23 bits per heavy atom. The van der Waals surface area contributed by atoms with E-state index >= 15 is 0 Å². The van der Waals surface area contributed by atoms with Crippen molar-refractivity contribution >= 4 is 28.2 Å². The van der Waals surface area contributed by atoms with E-state index in [9.17, 15) is 4.79 Å². The number of fused-ring (bicyclic) bond motifs is 1. The summed E-state index contributed by atoms with van der Waals surface area (Å²) in [6.45, 7) is 5.49. The van der Waals surface area contributed by atoms with Crippen LogP contribution in [0.5, 0.6) is 5.75 Å². The number of amides is 1. The van der Waals surface area contributed by atoms with Crippen molar-refractivity contribution < 1.29 is 9.53 Å². The zero-order valence-corrected chi connectivity index (χ0v) is 15.1. The van der Waals surface area contributed by atoms with Gasteiger partial charge in [-0.05, 0) is 37.3 Å². The van der Waals surface area contributed by atoms with Crippen molar-refractivity contribution in [1.29, 1.82) is 0 Å². The second-order valence-electron chi connectivity index (χ2n) is 6.90. The first kappa shape index (κ1) is 16.5. The number of anilines is 2. The number of benzene rings is 2. The van der Waals surface area contributed by atoms with Gasteiger partial charge in [0.1, 0.15) is 11.9 Å². The van der Waals surface area contributed by atoms with Crippen molar-refractivity contribution in [2.24, 2.45) is 0 Å². The van der Waals surface area contributed by atoms with E-state index in [1.165, 1.54) is 18.2 Å². The second kappa shape index (κ2) is 6.75. The molecule has 5 nitrogen and oxygen atoms in total. The van der Waals surface area contributed by atoms with Crippen molar-refractivity contribution in [2.75, 3.05) is 23.3 Å². The van der Waals surface area contributed by atoms with Crippen molar-refractivity contribution in [3.05, 3.63) is 54.2 Å². The second-order valence-corrected chi connectivity index (χ2v) is 6.90. The fourth-order valence-electron chi connectivity index (χ4n) is 3.47. The monoisotopic (exact) mass is 349 g/mol. The SMILES string of the molecule is CC(=O)Nc1c[nH]c2ccc(OC3CCN(c4ccc(C)cc4)C3)cc12. The first-order valence-corrected chi connectivity index (χ1v) is 8.95. The van der Waals surface area contributed by atoms with Crippen LogP contribution in [0, 0.1) is 6.92 Å². The maximum Gasteiger partial charge on any atom is 0.221 e. The lowest BCUT2D eigenvalue weighted by Gasteiger charge is -2.19. The van der Waals surface area contributed by atoms with Gasteiger partial charge in [-0.1, -0.05) is 17.7 Å². The Balaban J connectivity index is 1.47. The molecule has 3 aromatic rings. The summed E-state index contributed by atoms with van der Waals surface area (Å²) in [5, 5.41) is 3.81. The number of aryl methyl sites for hydroxylation is 1. The van der Waals surface area contributed by atoms with Crippen LogP contribution >= 0.6 is 0 Å². The predicted molar refractivity (Wildman–Crippen MR) is 105 cm³/mol. The summed E-state index contributed by atoms with van der Waals surface area (Å²) in [4.78, 5) is 16.9. The molecule has 0 bridgehead atoms. The van der Waals surface area contributed by atoms with Crippen LogP contribution in [-0.4, -0.2) is 30.1 Å². The van der Waals surface area contributed by atoms with Crippen LogP contribution in [0.3, 0.4) is 0 Å². The van der Waals surface area contributed by atoms with E-state index in [2.05, 4.69) is 46.4 Å². The number of aromatic nitrogens is 1. The first-order valence-electron chi connectivity index (χ1n) is 8.95. The molecule has 1 aliphatic heterocycles. The Hall–Kier alpha value is -2.95. The first-order chi connectivity index (χ1) is 12.6. The highest BCUT2D eigenvalue weighted by Gasteiger charge is 2.24. The summed E-state index contributed by atoms with van der Waals surface area (Å²) in [6.07, 6.45) is 2.97. The maximum atomic E-state index is 11.3. The van der Waals surface area contributed by atoms with Gasteiger partial charge >= 0.3 is 0 Å². The molecule has 0 saturated carbocycles. The number of ether oxygens (including phenoxy) is 1. The fraction of sp³-hybridized carbons (Fsp3) is 0.286. The zero-order chi connectivity index (χ0) is 18.1. The van der Waals surface area contributed by atoms with E-state index in [-0.39, 0.29) is 12.0 Å². The van der Waals surface area contributed by atoms with E-state index in [1.807, 2.05) is 24.4 Å². The molecule has 26 heavy (non-hydrogen) atoms. The zero-order valence-electron chi connectivity index (χ0n) is 15.1. The minimum atomic E-state index is -0.0817. The standard InChI is InChI=1S/C21H23N3O2/c1-14-3-5-16(6-4-14)24-10-9-18(13-24)26-17-7-8-20-19(11-17)21(12-22-20)23-15(2)25/h3-8,11-12,18,22H,9-10,13H2,1-2H3,(H,23,25). The lowest BCUT2D eigenvalue weighted by Crippen LogP contribution is -2.24. The molecule has 4 rings (SSSR count). The van der Waals surface area contributed by atoms with Crippen LogP contribution in [0.4, 0.5) is 11.4 Å². The summed E-state index contributed by atoms with van der Waals surface area (Å²) in [7, 11) is 0. The molecule has 1 unspecified atom stereocenters. The third-order valence-electron chi connectivity index (χ3n) is 4.81. The Labute approximate surface area is 153 Å². The Morgan fingerprint density at radius 3 is 2.81 bits per heavy atom. The highest BCUT2D eigenvalue weighted by atomic mass is 16.5. The molecule has 2 N–H and O–H groups in total. The van der Waals surface area contributed by atoms with Crippen molar-refractivity contribution in [3.63, 3.8) is 0 Å². The molecule has 1 saturated heterocycles. The van der Waals surface area contributed by atoms with E-state index in [1.54, 1.807) is 0 Å². The highest BCUT2D eigenvalue weighted by molar-refractivity contribution is 6.01. The van der Waals surface area contributed by atoms with E-state index < -0.39 is 0 Å². The predicted octanol–water partition coefficient (Wildman–Crippen LogP) is 4.09. The van der Waals surface area contributed by atoms with Crippen LogP contribution < -0.4 is 15.0 Å². The summed E-state index contributed by atoms with van der Waals surface area (Å²) < 4.78 is 6.22. The van der Waals surface area contributed by atoms with Gasteiger partial charge in [-0.25, -0.2) is 0 Å². The number of hydrogen-bond donors (Lipinski definition) is 2. The number of carbonyl (C=O) groups is 1. The number of nitrogens with zero attached hydrogens (tertiary/aromatic N) is 1. The van der Waals surface area contributed by atoms with Crippen LogP contribution in [-0.2, 0) is 4.79 Å². The average molecular weight is 349 g/mol. The maximum absolute atomic E-state index is 11.3. The van der Waals surface area contributed by atoms with E-state index in [4.69, 9.17) is 4.74 Å². The van der Waals surface area contributed by atoms with E-state index in [0.29, 0.717) is 0 Å². The molecule has 1 fully saturated rings. The van der Waals surface area contributed by atoms with Crippen molar-refractivity contribution in [3.8, 4) is 5.75 Å². The molecule has 0 aliphatic carbocycles. The molecular weight excluding hydrogens is 326 g/mol. The van der Waals surface area contributed by atoms with Crippen LogP contribution in [0.1, 0.15) is 18.9 Å². The molecule has 5 heteroatoms. The summed E-state index contributed by atoms with van der Waals surface area (Å²) in [5.41, 5.74) is 4.28. The van der Waals surface area contributed by atoms with Crippen molar-refractivity contribution in [1.82, 2.24) is 4.98 Å². The largest absolute Gasteiger partial charge is 0.488 e. The van der Waals surface area contributed by atoms with Gasteiger partial charge in [-0.2, -0.15) is 0 Å². The van der Waals surface area contributed by atoms with Crippen LogP contribution in [0.15, 0.2) is 48.7 Å². The molecule has 2 aromatic carbocycles. The van der Waals surface area contributed by atoms with Gasteiger partial charge in [0.05, 0.1) is 12.2 Å². The smallest absolute Gasteiger partial charge is 0.221 e. The van der Waals surface area contributed by atoms with Gasteiger partial charge in [0.25, 0.3) is 0 Å². The minimum absolute atomic E-state index is 0.0817. The Morgan fingerprint density at radius 2 is 2.04 bits per heavy atom. The van der Waals surface area contributed by atoms with Crippen LogP contribution in [0.25, 0.3) is 10.9 Å². The molecule has 1 aromatic heterocycles. The third kappa shape index (κ3) is 3.38. The quantitative estimate of drug-likeness (QED) is 0.746. The number of H-pyrrole nitrogens is 1. The van der Waals surface area contributed by atoms with Gasteiger partial charge < -0.3 is 19.9 Å². The van der Waals surface area contributed by atoms with Gasteiger partial charge in [0, 0.05) is 42.7 Å². The Kier molecular flexibility index (Phi) is 4.29. The topological polar surface area (TPSA) is 57.4 Å². The van der Waals surface area contributed by atoms with E-state index in [0.717, 1.165) is 41.9 Å². The van der Waals surface area contributed by atoms with Crippen molar-refractivity contribution in [2.45, 2.75) is 26.4 Å². The molecule has 0 radical (unpaired) electrons. The molecule has 1 amide bonds. The number of hydrogen-bond acceptors (Lipinski definition) is 3. The molecule has 2 heterocycles. The normalized spacial score (nSPS) is 16.8.